The Morgan fingerprint density at radius 1 is 1.04 bits per heavy atom. The van der Waals surface area contributed by atoms with Gasteiger partial charge >= 0.3 is 0 Å². The number of amides is 1. The molecule has 0 bridgehead atoms. The topological polar surface area (TPSA) is 46.5 Å². The zero-order valence-corrected chi connectivity index (χ0v) is 14.6. The summed E-state index contributed by atoms with van der Waals surface area (Å²) < 4.78 is 0. The molecule has 3 rings (SSSR count). The molecule has 1 amide bonds. The summed E-state index contributed by atoms with van der Waals surface area (Å²) in [6.45, 7) is 0. The van der Waals surface area contributed by atoms with E-state index < -0.39 is 0 Å². The molecule has 0 atom stereocenters. The van der Waals surface area contributed by atoms with Crippen LogP contribution in [0.5, 0.6) is 0 Å². The summed E-state index contributed by atoms with van der Waals surface area (Å²) in [6, 6.07) is 9.82. The van der Waals surface area contributed by atoms with Crippen molar-refractivity contribution in [2.45, 2.75) is 0 Å². The molecule has 0 aliphatic carbocycles. The molecule has 0 fully saturated rings. The maximum absolute atomic E-state index is 12.3. The van der Waals surface area contributed by atoms with Crippen molar-refractivity contribution in [1.29, 1.82) is 0 Å². The highest BCUT2D eigenvalue weighted by molar-refractivity contribution is 8.09. The number of benzene rings is 2. The van der Waals surface area contributed by atoms with E-state index in [1.807, 2.05) is 0 Å². The average Bonchev–Trinajstić information content (AvgIpc) is 2.84. The van der Waals surface area contributed by atoms with E-state index in [0.717, 1.165) is 11.8 Å². The molecule has 0 N–H and O–H groups in total. The number of thioether (sulfide) groups is 1. The number of fused-ring (bicyclic) bond motifs is 1. The first-order valence-corrected chi connectivity index (χ1v) is 8.62. The van der Waals surface area contributed by atoms with Crippen LogP contribution in [0.1, 0.15) is 10.4 Å². The highest BCUT2D eigenvalue weighted by Crippen LogP contribution is 2.25. The Bertz CT molecular complexity index is 956. The van der Waals surface area contributed by atoms with E-state index in [-0.39, 0.29) is 17.4 Å². The van der Waals surface area contributed by atoms with Crippen molar-refractivity contribution in [3.63, 3.8) is 0 Å². The van der Waals surface area contributed by atoms with Crippen molar-refractivity contribution in [2.24, 2.45) is 4.99 Å². The van der Waals surface area contributed by atoms with Crippen LogP contribution in [0.15, 0.2) is 41.4 Å². The SMILES string of the molecule is O=C1N=c2cccc(Cl)c2=C1SCC(=O)c1ccc(Cl)c(Cl)c1. The van der Waals surface area contributed by atoms with Crippen LogP contribution < -0.4 is 10.6 Å². The Kier molecular flexibility index (Phi) is 4.78. The normalized spacial score (nSPS) is 13.0. The van der Waals surface area contributed by atoms with Crippen LogP contribution >= 0.6 is 46.6 Å². The van der Waals surface area contributed by atoms with Gasteiger partial charge in [-0.1, -0.05) is 40.9 Å². The summed E-state index contributed by atoms with van der Waals surface area (Å²) in [5, 5.41) is 2.27. The largest absolute Gasteiger partial charge is 0.293 e. The summed E-state index contributed by atoms with van der Waals surface area (Å²) >= 11 is 19.0. The van der Waals surface area contributed by atoms with E-state index >= 15 is 0 Å². The maximum atomic E-state index is 12.3. The Labute approximate surface area is 151 Å². The van der Waals surface area contributed by atoms with Gasteiger partial charge in [0.2, 0.25) is 0 Å². The highest BCUT2D eigenvalue weighted by Gasteiger charge is 2.20. The second-order valence-corrected chi connectivity index (χ2v) is 6.93. The molecule has 0 radical (unpaired) electrons. The summed E-state index contributed by atoms with van der Waals surface area (Å²) in [7, 11) is 0. The van der Waals surface area contributed by atoms with E-state index in [2.05, 4.69) is 4.99 Å². The van der Waals surface area contributed by atoms with Crippen LogP contribution in [0.2, 0.25) is 15.1 Å². The Morgan fingerprint density at radius 2 is 1.83 bits per heavy atom. The van der Waals surface area contributed by atoms with Gasteiger partial charge in [-0.05, 0) is 30.3 Å². The number of nitrogens with zero attached hydrogens (tertiary/aromatic N) is 1. The predicted octanol–water partition coefficient (Wildman–Crippen LogP) is 3.53. The van der Waals surface area contributed by atoms with Crippen LogP contribution in [0.3, 0.4) is 0 Å². The van der Waals surface area contributed by atoms with Crippen molar-refractivity contribution in [3.05, 3.63) is 67.6 Å². The van der Waals surface area contributed by atoms with Gasteiger partial charge in [-0.3, -0.25) is 9.59 Å². The van der Waals surface area contributed by atoms with Crippen molar-refractivity contribution in [1.82, 2.24) is 0 Å². The maximum Gasteiger partial charge on any atom is 0.284 e. The number of halogens is 3. The Balaban J connectivity index is 1.86. The van der Waals surface area contributed by atoms with Crippen LogP contribution in [-0.4, -0.2) is 17.4 Å². The minimum atomic E-state index is -0.375. The zero-order chi connectivity index (χ0) is 16.6. The molecule has 1 aliphatic heterocycles. The van der Waals surface area contributed by atoms with E-state index in [9.17, 15) is 9.59 Å². The van der Waals surface area contributed by atoms with Gasteiger partial charge in [0.05, 0.1) is 31.1 Å². The Morgan fingerprint density at radius 3 is 2.57 bits per heavy atom. The molecule has 0 unspecified atom stereocenters. The minimum absolute atomic E-state index is 0.0826. The number of carbonyl (C=O) groups excluding carboxylic acids is 2. The third-order valence-corrected chi connectivity index (χ3v) is 5.35. The smallest absolute Gasteiger partial charge is 0.284 e. The van der Waals surface area contributed by atoms with Gasteiger partial charge in [-0.2, -0.15) is 0 Å². The predicted molar refractivity (Wildman–Crippen MR) is 93.9 cm³/mol. The first kappa shape index (κ1) is 16.5. The molecule has 1 aliphatic rings. The molecule has 0 spiro atoms. The minimum Gasteiger partial charge on any atom is -0.293 e. The number of ketones is 1. The highest BCUT2D eigenvalue weighted by atomic mass is 35.5. The second kappa shape index (κ2) is 6.65. The number of hydrogen-bond donors (Lipinski definition) is 0. The van der Waals surface area contributed by atoms with Crippen LogP contribution in [0, 0.1) is 0 Å². The third-order valence-electron chi connectivity index (χ3n) is 3.22. The lowest BCUT2D eigenvalue weighted by molar-refractivity contribution is -0.112. The lowest BCUT2D eigenvalue weighted by atomic mass is 10.1. The number of rotatable bonds is 4. The van der Waals surface area contributed by atoms with Gasteiger partial charge in [-0.25, -0.2) is 4.99 Å². The third kappa shape index (κ3) is 3.31. The first-order chi connectivity index (χ1) is 11.0. The van der Waals surface area contributed by atoms with Gasteiger partial charge in [0.25, 0.3) is 5.91 Å². The molecule has 3 nitrogen and oxygen atoms in total. The molecule has 0 saturated carbocycles. The lowest BCUT2D eigenvalue weighted by Crippen LogP contribution is -2.23. The lowest BCUT2D eigenvalue weighted by Gasteiger charge is -2.03. The molecule has 23 heavy (non-hydrogen) atoms. The molecule has 0 aromatic heterocycles. The van der Waals surface area contributed by atoms with E-state index in [1.54, 1.807) is 30.3 Å². The molecule has 1 heterocycles. The molecule has 116 valence electrons. The van der Waals surface area contributed by atoms with Gasteiger partial charge in [0.1, 0.15) is 0 Å². The van der Waals surface area contributed by atoms with Gasteiger partial charge in [0, 0.05) is 10.8 Å². The standard InChI is InChI=1S/C16H8Cl3NO2S/c17-9-5-4-8(6-11(9)19)13(21)7-23-15-14-10(18)2-1-3-12(14)20-16(15)22/h1-6H,7H2. The molecular weight excluding hydrogens is 377 g/mol. The fraction of sp³-hybridized carbons (Fsp3) is 0.0625. The monoisotopic (exact) mass is 383 g/mol. The fourth-order valence-electron chi connectivity index (χ4n) is 2.12. The van der Waals surface area contributed by atoms with Gasteiger partial charge < -0.3 is 0 Å². The van der Waals surface area contributed by atoms with Crippen molar-refractivity contribution in [2.75, 3.05) is 5.75 Å². The first-order valence-electron chi connectivity index (χ1n) is 6.50. The number of Topliss-reactive ketones (excluding diaryl/α,β-unsaturated/α-hetero) is 1. The summed E-state index contributed by atoms with van der Waals surface area (Å²) in [6.07, 6.45) is 0. The average molecular weight is 385 g/mol. The quantitative estimate of drug-likeness (QED) is 0.758. The fourth-order valence-corrected chi connectivity index (χ4v) is 3.71. The van der Waals surface area contributed by atoms with Crippen LogP contribution in [0.25, 0.3) is 4.91 Å². The van der Waals surface area contributed by atoms with Crippen LogP contribution in [-0.2, 0) is 4.79 Å². The van der Waals surface area contributed by atoms with Gasteiger partial charge in [0.15, 0.2) is 5.78 Å². The number of carbonyl (C=O) groups is 2. The Hall–Kier alpha value is -1.33. The zero-order valence-electron chi connectivity index (χ0n) is 11.5. The molecule has 2 aromatic carbocycles. The van der Waals surface area contributed by atoms with Crippen molar-refractivity contribution < 1.29 is 9.59 Å². The number of hydrogen-bond acceptors (Lipinski definition) is 3. The second-order valence-electron chi connectivity index (χ2n) is 4.72. The molecule has 7 heteroatoms. The van der Waals surface area contributed by atoms with E-state index in [0.29, 0.717) is 36.1 Å². The van der Waals surface area contributed by atoms with Crippen LogP contribution in [0.4, 0.5) is 0 Å². The van der Waals surface area contributed by atoms with E-state index in [4.69, 9.17) is 34.8 Å². The van der Waals surface area contributed by atoms with E-state index in [1.165, 1.54) is 6.07 Å². The summed E-state index contributed by atoms with van der Waals surface area (Å²) in [4.78, 5) is 28.6. The summed E-state index contributed by atoms with van der Waals surface area (Å²) in [5.41, 5.74) is 0.439. The van der Waals surface area contributed by atoms with Gasteiger partial charge in [-0.15, -0.1) is 11.8 Å². The summed E-state index contributed by atoms with van der Waals surface area (Å²) in [5.74, 6) is -0.450. The molecular formula is C16H8Cl3NO2S. The molecule has 2 aromatic rings. The molecule has 0 saturated heterocycles. The van der Waals surface area contributed by atoms with Crippen molar-refractivity contribution >= 4 is 63.2 Å². The van der Waals surface area contributed by atoms with Crippen molar-refractivity contribution in [3.8, 4) is 0 Å².